The summed E-state index contributed by atoms with van der Waals surface area (Å²) in [4.78, 5) is 11.1. The van der Waals surface area contributed by atoms with E-state index in [1.807, 2.05) is 6.92 Å². The van der Waals surface area contributed by atoms with Crippen molar-refractivity contribution in [3.63, 3.8) is 0 Å². The number of carboxylic acid groups (broad SMARTS) is 1. The van der Waals surface area contributed by atoms with Crippen LogP contribution in [0.1, 0.15) is 45.4 Å². The van der Waals surface area contributed by atoms with Gasteiger partial charge >= 0.3 is 5.97 Å². The van der Waals surface area contributed by atoms with Gasteiger partial charge in [0.05, 0.1) is 0 Å². The lowest BCUT2D eigenvalue weighted by Crippen LogP contribution is -2.41. The highest BCUT2D eigenvalue weighted by Gasteiger charge is 2.41. The van der Waals surface area contributed by atoms with Gasteiger partial charge in [0.1, 0.15) is 4.75 Å². The summed E-state index contributed by atoms with van der Waals surface area (Å²) in [6.45, 7) is 1.91. The Kier molecular flexibility index (Phi) is 3.65. The highest BCUT2D eigenvalue weighted by molar-refractivity contribution is 7.82. The van der Waals surface area contributed by atoms with Gasteiger partial charge in [0.25, 0.3) is 0 Å². The first kappa shape index (κ1) is 10.9. The average molecular weight is 202 g/mol. The smallest absolute Gasteiger partial charge is 0.319 e. The molecular formula is C10H18O2S. The summed E-state index contributed by atoms with van der Waals surface area (Å²) < 4.78 is -0.777. The molecule has 1 aliphatic carbocycles. The summed E-state index contributed by atoms with van der Waals surface area (Å²) in [5.41, 5.74) is 0. The fraction of sp³-hybridized carbons (Fsp3) is 0.900. The Morgan fingerprint density at radius 2 is 2.00 bits per heavy atom. The lowest BCUT2D eigenvalue weighted by atomic mass is 9.78. The third-order valence-electron chi connectivity index (χ3n) is 3.19. The van der Waals surface area contributed by atoms with E-state index in [0.29, 0.717) is 6.42 Å². The second-order valence-corrected chi connectivity index (χ2v) is 4.72. The lowest BCUT2D eigenvalue weighted by Gasteiger charge is -2.34. The summed E-state index contributed by atoms with van der Waals surface area (Å²) in [6, 6.07) is 0. The van der Waals surface area contributed by atoms with E-state index in [9.17, 15) is 4.79 Å². The molecule has 76 valence electrons. The number of aliphatic carboxylic acids is 1. The van der Waals surface area contributed by atoms with Crippen LogP contribution in [0.4, 0.5) is 0 Å². The van der Waals surface area contributed by atoms with Crippen LogP contribution < -0.4 is 0 Å². The van der Waals surface area contributed by atoms with Gasteiger partial charge in [-0.3, -0.25) is 4.79 Å². The molecule has 0 aromatic carbocycles. The molecule has 1 aliphatic rings. The Labute approximate surface area is 85.1 Å². The van der Waals surface area contributed by atoms with Crippen molar-refractivity contribution in [2.75, 3.05) is 0 Å². The van der Waals surface area contributed by atoms with Crippen molar-refractivity contribution >= 4 is 18.6 Å². The molecule has 3 heteroatoms. The Morgan fingerprint density at radius 3 is 2.38 bits per heavy atom. The van der Waals surface area contributed by atoms with Gasteiger partial charge in [-0.2, -0.15) is 12.6 Å². The van der Waals surface area contributed by atoms with Gasteiger partial charge in [-0.05, 0) is 25.2 Å². The molecule has 1 rings (SSSR count). The third kappa shape index (κ3) is 2.19. The average Bonchev–Trinajstić information content (AvgIpc) is 2.17. The van der Waals surface area contributed by atoms with Gasteiger partial charge in [0.2, 0.25) is 0 Å². The minimum atomic E-state index is -0.777. The summed E-state index contributed by atoms with van der Waals surface area (Å²) in [5, 5.41) is 9.11. The number of hydrogen-bond donors (Lipinski definition) is 2. The molecule has 0 heterocycles. The van der Waals surface area contributed by atoms with Gasteiger partial charge in [-0.1, -0.05) is 26.2 Å². The first-order valence-electron chi connectivity index (χ1n) is 5.07. The molecule has 1 fully saturated rings. The topological polar surface area (TPSA) is 37.3 Å². The van der Waals surface area contributed by atoms with Crippen LogP contribution in [-0.4, -0.2) is 15.8 Å². The molecule has 0 saturated heterocycles. The molecule has 0 aromatic rings. The number of carbonyl (C=O) groups is 1. The zero-order chi connectivity index (χ0) is 9.90. The van der Waals surface area contributed by atoms with Crippen molar-refractivity contribution in [1.29, 1.82) is 0 Å². The van der Waals surface area contributed by atoms with Gasteiger partial charge in [0, 0.05) is 0 Å². The van der Waals surface area contributed by atoms with Gasteiger partial charge < -0.3 is 5.11 Å². The van der Waals surface area contributed by atoms with Crippen molar-refractivity contribution < 1.29 is 9.90 Å². The number of rotatable bonds is 3. The number of carboxylic acids is 1. The Bertz CT molecular complexity index is 187. The fourth-order valence-electron chi connectivity index (χ4n) is 2.19. The van der Waals surface area contributed by atoms with Crippen LogP contribution in [0.3, 0.4) is 0 Å². The second-order valence-electron chi connectivity index (χ2n) is 3.92. The van der Waals surface area contributed by atoms with Gasteiger partial charge in [-0.25, -0.2) is 0 Å². The van der Waals surface area contributed by atoms with E-state index >= 15 is 0 Å². The molecular weight excluding hydrogens is 184 g/mol. The second kappa shape index (κ2) is 4.36. The predicted octanol–water partition coefficient (Wildman–Crippen LogP) is 2.73. The van der Waals surface area contributed by atoms with E-state index in [0.717, 1.165) is 12.8 Å². The summed E-state index contributed by atoms with van der Waals surface area (Å²) in [6.07, 6.45) is 6.27. The maximum absolute atomic E-state index is 11.1. The molecule has 0 aromatic heterocycles. The molecule has 0 aliphatic heterocycles. The number of hydrogen-bond acceptors (Lipinski definition) is 2. The van der Waals surface area contributed by atoms with Crippen molar-refractivity contribution in [2.45, 2.75) is 50.2 Å². The maximum Gasteiger partial charge on any atom is 0.319 e. The van der Waals surface area contributed by atoms with Crippen LogP contribution in [0.2, 0.25) is 0 Å². The molecule has 13 heavy (non-hydrogen) atoms. The van der Waals surface area contributed by atoms with E-state index in [2.05, 4.69) is 12.6 Å². The zero-order valence-electron chi connectivity index (χ0n) is 8.12. The Balaban J connectivity index is 2.68. The van der Waals surface area contributed by atoms with E-state index in [4.69, 9.17) is 5.11 Å². The number of thiol groups is 1. The molecule has 1 saturated carbocycles. The standard InChI is InChI=1S/C10H18O2S/c1-2-10(13,9(11)12)8-6-4-3-5-7-8/h8,13H,2-7H2,1H3,(H,11,12). The summed E-state index contributed by atoms with van der Waals surface area (Å²) in [7, 11) is 0. The van der Waals surface area contributed by atoms with Crippen LogP contribution in [0.25, 0.3) is 0 Å². The minimum absolute atomic E-state index is 0.270. The highest BCUT2D eigenvalue weighted by atomic mass is 32.1. The molecule has 1 unspecified atom stereocenters. The van der Waals surface area contributed by atoms with Crippen molar-refractivity contribution in [2.24, 2.45) is 5.92 Å². The maximum atomic E-state index is 11.1. The van der Waals surface area contributed by atoms with Crippen LogP contribution >= 0.6 is 12.6 Å². The largest absolute Gasteiger partial charge is 0.480 e. The summed E-state index contributed by atoms with van der Waals surface area (Å²) >= 11 is 4.36. The predicted molar refractivity (Wildman–Crippen MR) is 56.2 cm³/mol. The molecule has 0 radical (unpaired) electrons. The molecule has 0 bridgehead atoms. The third-order valence-corrected chi connectivity index (χ3v) is 4.06. The normalized spacial score (nSPS) is 23.8. The lowest BCUT2D eigenvalue weighted by molar-refractivity contribution is -0.141. The van der Waals surface area contributed by atoms with Crippen LogP contribution in [-0.2, 0) is 4.79 Å². The fourth-order valence-corrected chi connectivity index (χ4v) is 2.45. The Morgan fingerprint density at radius 1 is 1.46 bits per heavy atom. The van der Waals surface area contributed by atoms with Crippen molar-refractivity contribution in [3.05, 3.63) is 0 Å². The zero-order valence-corrected chi connectivity index (χ0v) is 9.02. The molecule has 2 nitrogen and oxygen atoms in total. The van der Waals surface area contributed by atoms with Crippen molar-refractivity contribution in [3.8, 4) is 0 Å². The van der Waals surface area contributed by atoms with E-state index in [-0.39, 0.29) is 5.92 Å². The summed E-state index contributed by atoms with van der Waals surface area (Å²) in [5.74, 6) is -0.475. The first-order valence-corrected chi connectivity index (χ1v) is 5.51. The van der Waals surface area contributed by atoms with Crippen LogP contribution in [0, 0.1) is 5.92 Å². The Hall–Kier alpha value is -0.180. The van der Waals surface area contributed by atoms with Crippen molar-refractivity contribution in [1.82, 2.24) is 0 Å². The first-order chi connectivity index (χ1) is 6.11. The van der Waals surface area contributed by atoms with E-state index in [1.165, 1.54) is 19.3 Å². The molecule has 1 atom stereocenters. The highest BCUT2D eigenvalue weighted by Crippen LogP contribution is 2.39. The SMILES string of the molecule is CCC(S)(C(=O)O)C1CCCCC1. The minimum Gasteiger partial charge on any atom is -0.480 e. The van der Waals surface area contributed by atoms with E-state index < -0.39 is 10.7 Å². The molecule has 0 amide bonds. The quantitative estimate of drug-likeness (QED) is 0.690. The van der Waals surface area contributed by atoms with Crippen LogP contribution in [0.15, 0.2) is 0 Å². The van der Waals surface area contributed by atoms with E-state index in [1.54, 1.807) is 0 Å². The van der Waals surface area contributed by atoms with Crippen LogP contribution in [0.5, 0.6) is 0 Å². The molecule has 1 N–H and O–H groups in total. The molecule has 0 spiro atoms. The monoisotopic (exact) mass is 202 g/mol. The van der Waals surface area contributed by atoms with Gasteiger partial charge in [-0.15, -0.1) is 0 Å². The van der Waals surface area contributed by atoms with Gasteiger partial charge in [0.15, 0.2) is 0 Å².